The van der Waals surface area contributed by atoms with Crippen molar-refractivity contribution in [1.29, 1.82) is 0 Å². The monoisotopic (exact) mass is 197 g/mol. The Morgan fingerprint density at radius 1 is 1.64 bits per heavy atom. The molecule has 6 nitrogen and oxygen atoms in total. The fourth-order valence-electron chi connectivity index (χ4n) is 1.78. The second kappa shape index (κ2) is 3.65. The fraction of sp³-hybridized carbons (Fsp3) is 0.625. The number of amides is 1. The van der Waals surface area contributed by atoms with Gasteiger partial charge in [-0.2, -0.15) is 0 Å². The van der Waals surface area contributed by atoms with Gasteiger partial charge in [0.2, 0.25) is 0 Å². The smallest absolute Gasteiger partial charge is 0.407 e. The van der Waals surface area contributed by atoms with Crippen molar-refractivity contribution in [3.63, 3.8) is 0 Å². The number of hydrogen-bond donors (Lipinski definition) is 1. The molecule has 14 heavy (non-hydrogen) atoms. The highest BCUT2D eigenvalue weighted by Crippen LogP contribution is 2.29. The first-order valence-corrected chi connectivity index (χ1v) is 4.56. The van der Waals surface area contributed by atoms with Crippen LogP contribution in [0, 0.1) is 0 Å². The van der Waals surface area contributed by atoms with Crippen molar-refractivity contribution in [2.24, 2.45) is 0 Å². The first-order valence-electron chi connectivity index (χ1n) is 4.56. The maximum Gasteiger partial charge on any atom is 0.407 e. The molecule has 1 amide bonds. The van der Waals surface area contributed by atoms with Gasteiger partial charge in [0.1, 0.15) is 0 Å². The van der Waals surface area contributed by atoms with E-state index in [9.17, 15) is 4.79 Å². The lowest BCUT2D eigenvalue weighted by Crippen LogP contribution is -2.37. The van der Waals surface area contributed by atoms with Gasteiger partial charge < -0.3 is 9.63 Å². The van der Waals surface area contributed by atoms with Crippen molar-refractivity contribution in [1.82, 2.24) is 15.3 Å². The van der Waals surface area contributed by atoms with E-state index in [0.29, 0.717) is 12.3 Å². The van der Waals surface area contributed by atoms with Crippen molar-refractivity contribution in [2.75, 3.05) is 6.54 Å². The van der Waals surface area contributed by atoms with Crippen LogP contribution in [0.25, 0.3) is 0 Å². The molecule has 2 heterocycles. The number of nitrogens with zero attached hydrogens (tertiary/aromatic N) is 3. The van der Waals surface area contributed by atoms with E-state index in [-0.39, 0.29) is 6.04 Å². The van der Waals surface area contributed by atoms with Crippen molar-refractivity contribution in [3.05, 3.63) is 12.0 Å². The Morgan fingerprint density at radius 2 is 2.50 bits per heavy atom. The Labute approximate surface area is 80.5 Å². The van der Waals surface area contributed by atoms with Gasteiger partial charge in [-0.05, 0) is 19.3 Å². The van der Waals surface area contributed by atoms with Crippen LogP contribution in [0.2, 0.25) is 0 Å². The third-order valence-electron chi connectivity index (χ3n) is 2.46. The third kappa shape index (κ3) is 1.55. The summed E-state index contributed by atoms with van der Waals surface area (Å²) in [5, 5.41) is 15.9. The summed E-state index contributed by atoms with van der Waals surface area (Å²) in [5.41, 5.74) is 0. The van der Waals surface area contributed by atoms with Crippen LogP contribution in [-0.4, -0.2) is 33.0 Å². The molecule has 1 aliphatic rings. The average molecular weight is 197 g/mol. The van der Waals surface area contributed by atoms with Crippen molar-refractivity contribution >= 4 is 6.09 Å². The van der Waals surface area contributed by atoms with Crippen LogP contribution >= 0.6 is 0 Å². The van der Waals surface area contributed by atoms with Gasteiger partial charge in [0, 0.05) is 11.8 Å². The van der Waals surface area contributed by atoms with Gasteiger partial charge in [0.25, 0.3) is 0 Å². The minimum atomic E-state index is -0.911. The lowest BCUT2D eigenvalue weighted by Gasteiger charge is -2.31. The molecule has 0 bridgehead atoms. The van der Waals surface area contributed by atoms with Gasteiger partial charge >= 0.3 is 6.09 Å². The van der Waals surface area contributed by atoms with E-state index >= 15 is 0 Å². The number of carbonyl (C=O) groups is 1. The minimum Gasteiger partial charge on any atom is -0.465 e. The molecule has 0 saturated carbocycles. The number of hydrogen-bond acceptors (Lipinski definition) is 4. The van der Waals surface area contributed by atoms with Crippen molar-refractivity contribution < 1.29 is 14.4 Å². The summed E-state index contributed by atoms with van der Waals surface area (Å²) in [4.78, 5) is 12.3. The first kappa shape index (κ1) is 8.98. The Balaban J connectivity index is 2.18. The molecule has 0 aromatic carbocycles. The zero-order chi connectivity index (χ0) is 9.97. The standard InChI is InChI=1S/C8H11N3O3/c12-8(13)11-4-2-1-3-6(11)7-5-9-10-14-7/h5-6H,1-4H2,(H,12,13). The van der Waals surface area contributed by atoms with E-state index in [1.807, 2.05) is 0 Å². The van der Waals surface area contributed by atoms with Crippen LogP contribution in [0.3, 0.4) is 0 Å². The highest BCUT2D eigenvalue weighted by Gasteiger charge is 2.30. The molecule has 1 aromatic rings. The molecule has 1 fully saturated rings. The SMILES string of the molecule is O=C(O)N1CCCCC1c1cnno1. The Kier molecular flexibility index (Phi) is 2.34. The summed E-state index contributed by atoms with van der Waals surface area (Å²) in [6.07, 6.45) is 3.26. The second-order valence-corrected chi connectivity index (χ2v) is 3.31. The molecule has 6 heteroatoms. The zero-order valence-corrected chi connectivity index (χ0v) is 7.59. The van der Waals surface area contributed by atoms with E-state index in [2.05, 4.69) is 10.4 Å². The van der Waals surface area contributed by atoms with Gasteiger partial charge in [-0.15, -0.1) is 5.10 Å². The maximum atomic E-state index is 10.9. The average Bonchev–Trinajstić information content (AvgIpc) is 2.70. The molecule has 1 saturated heterocycles. The topological polar surface area (TPSA) is 79.5 Å². The lowest BCUT2D eigenvalue weighted by molar-refractivity contribution is 0.0952. The summed E-state index contributed by atoms with van der Waals surface area (Å²) in [6.45, 7) is 0.556. The van der Waals surface area contributed by atoms with Crippen LogP contribution in [0.15, 0.2) is 10.7 Å². The Bertz CT molecular complexity index is 312. The highest BCUT2D eigenvalue weighted by atomic mass is 16.5. The number of likely N-dealkylation sites (tertiary alicyclic amines) is 1. The molecule has 2 rings (SSSR count). The number of carboxylic acid groups (broad SMARTS) is 1. The largest absolute Gasteiger partial charge is 0.465 e. The van der Waals surface area contributed by atoms with Crippen molar-refractivity contribution in [2.45, 2.75) is 25.3 Å². The van der Waals surface area contributed by atoms with Crippen LogP contribution in [0.1, 0.15) is 31.1 Å². The third-order valence-corrected chi connectivity index (χ3v) is 2.46. The van der Waals surface area contributed by atoms with Gasteiger partial charge in [-0.1, -0.05) is 0 Å². The Morgan fingerprint density at radius 3 is 3.14 bits per heavy atom. The van der Waals surface area contributed by atoms with E-state index in [1.54, 1.807) is 0 Å². The van der Waals surface area contributed by atoms with Gasteiger partial charge in [-0.3, -0.25) is 4.90 Å². The van der Waals surface area contributed by atoms with Gasteiger partial charge in [0.05, 0.1) is 12.2 Å². The van der Waals surface area contributed by atoms with Crippen LogP contribution in [-0.2, 0) is 0 Å². The molecule has 0 aliphatic carbocycles. The molecule has 0 spiro atoms. The summed E-state index contributed by atoms with van der Waals surface area (Å²) >= 11 is 0. The molecule has 1 unspecified atom stereocenters. The van der Waals surface area contributed by atoms with E-state index in [4.69, 9.17) is 9.63 Å². The fourth-order valence-corrected chi connectivity index (χ4v) is 1.78. The predicted octanol–water partition coefficient (Wildman–Crippen LogP) is 1.27. The van der Waals surface area contributed by atoms with E-state index in [1.165, 1.54) is 11.1 Å². The van der Waals surface area contributed by atoms with Crippen LogP contribution in [0.4, 0.5) is 4.79 Å². The molecule has 1 atom stereocenters. The molecular weight excluding hydrogens is 186 g/mol. The lowest BCUT2D eigenvalue weighted by atomic mass is 10.0. The predicted molar refractivity (Wildman–Crippen MR) is 45.6 cm³/mol. The molecule has 1 N–H and O–H groups in total. The number of piperidine rings is 1. The zero-order valence-electron chi connectivity index (χ0n) is 7.59. The highest BCUT2D eigenvalue weighted by molar-refractivity contribution is 5.65. The second-order valence-electron chi connectivity index (χ2n) is 3.31. The number of aromatic nitrogens is 2. The molecule has 0 radical (unpaired) electrons. The summed E-state index contributed by atoms with van der Waals surface area (Å²) in [6, 6.07) is -0.212. The van der Waals surface area contributed by atoms with Crippen LogP contribution in [0.5, 0.6) is 0 Å². The minimum absolute atomic E-state index is 0.212. The maximum absolute atomic E-state index is 10.9. The Hall–Kier alpha value is -1.59. The first-order chi connectivity index (χ1) is 6.79. The normalized spacial score (nSPS) is 22.3. The molecule has 76 valence electrons. The molecule has 1 aliphatic heterocycles. The van der Waals surface area contributed by atoms with E-state index < -0.39 is 6.09 Å². The van der Waals surface area contributed by atoms with Crippen LogP contribution < -0.4 is 0 Å². The van der Waals surface area contributed by atoms with Gasteiger partial charge in [-0.25, -0.2) is 4.79 Å². The summed E-state index contributed by atoms with van der Waals surface area (Å²) < 4.78 is 4.89. The van der Waals surface area contributed by atoms with Crippen molar-refractivity contribution in [3.8, 4) is 0 Å². The van der Waals surface area contributed by atoms with E-state index in [0.717, 1.165) is 19.3 Å². The molecule has 1 aromatic heterocycles. The van der Waals surface area contributed by atoms with Gasteiger partial charge in [0.15, 0.2) is 5.76 Å². The molecular formula is C8H11N3O3. The number of rotatable bonds is 1. The summed E-state index contributed by atoms with van der Waals surface area (Å²) in [5.74, 6) is 0.534. The summed E-state index contributed by atoms with van der Waals surface area (Å²) in [7, 11) is 0. The quantitative estimate of drug-likeness (QED) is 0.733.